The largest absolute Gasteiger partial charge is 0.360 e. The van der Waals surface area contributed by atoms with Gasteiger partial charge >= 0.3 is 0 Å². The highest BCUT2D eigenvalue weighted by Crippen LogP contribution is 2.21. The summed E-state index contributed by atoms with van der Waals surface area (Å²) in [7, 11) is 0. The van der Waals surface area contributed by atoms with Crippen LogP contribution in [0.3, 0.4) is 0 Å². The van der Waals surface area contributed by atoms with E-state index in [1.54, 1.807) is 0 Å². The minimum atomic E-state index is 0.838. The second kappa shape index (κ2) is 3.51. The second-order valence-electron chi connectivity index (χ2n) is 3.80. The van der Waals surface area contributed by atoms with Gasteiger partial charge in [0.05, 0.1) is 0 Å². The normalized spacial score (nSPS) is 14.1. The number of nitrogens with one attached hydrogen (secondary N) is 1. The monoisotopic (exact) mass is 200 g/mol. The molecule has 3 heteroatoms. The van der Waals surface area contributed by atoms with Crippen molar-refractivity contribution in [3.8, 4) is 0 Å². The molecule has 1 N–H and O–H groups in total. The molecule has 15 heavy (non-hydrogen) atoms. The number of aromatic nitrogens is 1. The molecule has 0 spiro atoms. The number of hydrogen-bond acceptors (Lipinski definition) is 3. The fourth-order valence-electron chi connectivity index (χ4n) is 1.95. The van der Waals surface area contributed by atoms with Gasteiger partial charge in [-0.25, -0.2) is 0 Å². The molecule has 2 aromatic rings. The Balaban J connectivity index is 1.89. The van der Waals surface area contributed by atoms with Crippen LogP contribution in [-0.4, -0.2) is 5.16 Å². The van der Waals surface area contributed by atoms with E-state index in [4.69, 9.17) is 4.52 Å². The van der Waals surface area contributed by atoms with Gasteiger partial charge < -0.3 is 9.84 Å². The summed E-state index contributed by atoms with van der Waals surface area (Å²) in [5.41, 5.74) is 3.59. The van der Waals surface area contributed by atoms with Gasteiger partial charge in [-0.05, 0) is 5.56 Å². The van der Waals surface area contributed by atoms with Gasteiger partial charge in [0, 0.05) is 25.1 Å². The van der Waals surface area contributed by atoms with Crippen molar-refractivity contribution in [2.75, 3.05) is 0 Å². The van der Waals surface area contributed by atoms with Gasteiger partial charge in [0.2, 0.25) is 0 Å². The lowest BCUT2D eigenvalue weighted by molar-refractivity contribution is 0.376. The average molecular weight is 200 g/mol. The highest BCUT2D eigenvalue weighted by molar-refractivity contribution is 5.30. The number of hydrogen-bond donors (Lipinski definition) is 1. The molecule has 0 amide bonds. The van der Waals surface area contributed by atoms with E-state index in [1.807, 2.05) is 18.2 Å². The molecule has 2 heterocycles. The van der Waals surface area contributed by atoms with Crippen molar-refractivity contribution in [1.82, 2.24) is 10.5 Å². The fourth-order valence-corrected chi connectivity index (χ4v) is 1.95. The summed E-state index contributed by atoms with van der Waals surface area (Å²) in [5.74, 6) is 1.00. The quantitative estimate of drug-likeness (QED) is 0.804. The Labute approximate surface area is 88.1 Å². The summed E-state index contributed by atoms with van der Waals surface area (Å²) < 4.78 is 5.35. The van der Waals surface area contributed by atoms with E-state index in [9.17, 15) is 0 Å². The molecule has 0 atom stereocenters. The predicted octanol–water partition coefficient (Wildman–Crippen LogP) is 1.87. The van der Waals surface area contributed by atoms with Crippen LogP contribution in [0.4, 0.5) is 0 Å². The third-order valence-electron chi connectivity index (χ3n) is 2.75. The summed E-state index contributed by atoms with van der Waals surface area (Å²) in [5, 5.41) is 7.33. The van der Waals surface area contributed by atoms with Gasteiger partial charge in [0.25, 0.3) is 0 Å². The summed E-state index contributed by atoms with van der Waals surface area (Å²) in [4.78, 5) is 0. The summed E-state index contributed by atoms with van der Waals surface area (Å²) in [6, 6.07) is 10.3. The van der Waals surface area contributed by atoms with Crippen LogP contribution in [0.1, 0.15) is 22.6 Å². The maximum absolute atomic E-state index is 5.35. The van der Waals surface area contributed by atoms with Gasteiger partial charge in [-0.2, -0.15) is 0 Å². The summed E-state index contributed by atoms with van der Waals surface area (Å²) in [6.07, 6.45) is 0.838. The maximum atomic E-state index is 5.35. The predicted molar refractivity (Wildman–Crippen MR) is 56.3 cm³/mol. The Morgan fingerprint density at radius 2 is 2.07 bits per heavy atom. The van der Waals surface area contributed by atoms with Gasteiger partial charge in [0.1, 0.15) is 11.5 Å². The van der Waals surface area contributed by atoms with Crippen molar-refractivity contribution in [3.05, 3.63) is 52.9 Å². The van der Waals surface area contributed by atoms with E-state index in [0.717, 1.165) is 31.0 Å². The van der Waals surface area contributed by atoms with E-state index in [2.05, 4.69) is 22.6 Å². The smallest absolute Gasteiger partial charge is 0.145 e. The third kappa shape index (κ3) is 1.55. The van der Waals surface area contributed by atoms with Crippen molar-refractivity contribution in [1.29, 1.82) is 0 Å². The number of benzene rings is 1. The first kappa shape index (κ1) is 8.68. The third-order valence-corrected chi connectivity index (χ3v) is 2.75. The van der Waals surface area contributed by atoms with Gasteiger partial charge in [-0.15, -0.1) is 0 Å². The van der Waals surface area contributed by atoms with Crippen LogP contribution in [0.2, 0.25) is 0 Å². The van der Waals surface area contributed by atoms with Crippen LogP contribution in [0, 0.1) is 0 Å². The molecule has 0 saturated heterocycles. The molecular weight excluding hydrogens is 188 g/mol. The second-order valence-corrected chi connectivity index (χ2v) is 3.80. The summed E-state index contributed by atoms with van der Waals surface area (Å²) >= 11 is 0. The Morgan fingerprint density at radius 3 is 2.93 bits per heavy atom. The minimum absolute atomic E-state index is 0.838. The zero-order chi connectivity index (χ0) is 10.1. The van der Waals surface area contributed by atoms with Crippen molar-refractivity contribution in [3.63, 3.8) is 0 Å². The molecule has 0 unspecified atom stereocenters. The standard InChI is InChI=1S/C12H12N2O/c1-2-4-9(5-3-1)6-12-10-7-13-8-11(10)14-15-12/h1-5,13H,6-8H2. The summed E-state index contributed by atoms with van der Waals surface area (Å²) in [6.45, 7) is 1.73. The van der Waals surface area contributed by atoms with Crippen molar-refractivity contribution in [2.24, 2.45) is 0 Å². The van der Waals surface area contributed by atoms with Crippen LogP contribution in [0.5, 0.6) is 0 Å². The topological polar surface area (TPSA) is 38.1 Å². The van der Waals surface area contributed by atoms with Gasteiger partial charge in [-0.3, -0.25) is 0 Å². The number of rotatable bonds is 2. The molecule has 76 valence electrons. The molecule has 3 rings (SSSR count). The first-order chi connectivity index (χ1) is 7.43. The van der Waals surface area contributed by atoms with Gasteiger partial charge in [-0.1, -0.05) is 35.5 Å². The van der Waals surface area contributed by atoms with Gasteiger partial charge in [0.15, 0.2) is 0 Å². The lowest BCUT2D eigenvalue weighted by atomic mass is 10.1. The highest BCUT2D eigenvalue weighted by Gasteiger charge is 2.20. The molecule has 1 aromatic carbocycles. The zero-order valence-corrected chi connectivity index (χ0v) is 8.36. The Hall–Kier alpha value is -1.61. The minimum Gasteiger partial charge on any atom is -0.360 e. The van der Waals surface area contributed by atoms with Crippen LogP contribution in [-0.2, 0) is 19.5 Å². The zero-order valence-electron chi connectivity index (χ0n) is 8.36. The Morgan fingerprint density at radius 1 is 1.20 bits per heavy atom. The van der Waals surface area contributed by atoms with E-state index in [1.165, 1.54) is 11.1 Å². The molecule has 0 fully saturated rings. The highest BCUT2D eigenvalue weighted by atomic mass is 16.5. The molecule has 0 radical (unpaired) electrons. The van der Waals surface area contributed by atoms with Crippen LogP contribution in [0.25, 0.3) is 0 Å². The maximum Gasteiger partial charge on any atom is 0.145 e. The Kier molecular flexibility index (Phi) is 2.03. The van der Waals surface area contributed by atoms with E-state index in [0.29, 0.717) is 0 Å². The van der Waals surface area contributed by atoms with Crippen LogP contribution in [0.15, 0.2) is 34.9 Å². The lowest BCUT2D eigenvalue weighted by Gasteiger charge is -1.98. The molecule has 1 aromatic heterocycles. The van der Waals surface area contributed by atoms with Crippen molar-refractivity contribution >= 4 is 0 Å². The first-order valence-electron chi connectivity index (χ1n) is 5.14. The van der Waals surface area contributed by atoms with Crippen LogP contribution >= 0.6 is 0 Å². The molecule has 1 aliphatic rings. The molecule has 0 bridgehead atoms. The SMILES string of the molecule is c1ccc(Cc2onc3c2CNC3)cc1. The van der Waals surface area contributed by atoms with E-state index < -0.39 is 0 Å². The Bertz CT molecular complexity index is 462. The number of fused-ring (bicyclic) bond motifs is 1. The van der Waals surface area contributed by atoms with Crippen LogP contribution < -0.4 is 5.32 Å². The van der Waals surface area contributed by atoms with E-state index >= 15 is 0 Å². The van der Waals surface area contributed by atoms with E-state index in [-0.39, 0.29) is 0 Å². The average Bonchev–Trinajstić information content (AvgIpc) is 2.85. The van der Waals surface area contributed by atoms with Crippen molar-refractivity contribution in [2.45, 2.75) is 19.5 Å². The fraction of sp³-hybridized carbons (Fsp3) is 0.250. The lowest BCUT2D eigenvalue weighted by Crippen LogP contribution is -2.02. The molecule has 0 aliphatic carbocycles. The molecule has 3 nitrogen and oxygen atoms in total. The van der Waals surface area contributed by atoms with Crippen molar-refractivity contribution < 1.29 is 4.52 Å². The first-order valence-corrected chi connectivity index (χ1v) is 5.14. The number of nitrogens with zero attached hydrogens (tertiary/aromatic N) is 1. The molecule has 0 saturated carbocycles. The molecular formula is C12H12N2O. The molecule has 1 aliphatic heterocycles.